The van der Waals surface area contributed by atoms with E-state index in [-0.39, 0.29) is 5.56 Å². The Bertz CT molecular complexity index is 833. The Balaban J connectivity index is 2.25. The monoisotopic (exact) mass is 298 g/mol. The van der Waals surface area contributed by atoms with Crippen molar-refractivity contribution < 1.29 is 8.78 Å². The van der Waals surface area contributed by atoms with Gasteiger partial charge in [-0.25, -0.2) is 13.8 Å². The van der Waals surface area contributed by atoms with Gasteiger partial charge in [0.25, 0.3) is 0 Å². The smallest absolute Gasteiger partial charge is 0.147 e. The standard InChI is InChI=1S/C18H16F2N2/c1-11-4-7-15(8-5-11)22-13(3)12(2)21-18(22)16-9-6-14(19)10-17(16)20/h4-10H,1-3H3. The molecule has 0 atom stereocenters. The minimum absolute atomic E-state index is 0.290. The van der Waals surface area contributed by atoms with Gasteiger partial charge in [0.1, 0.15) is 17.5 Å². The third-order valence-corrected chi connectivity index (χ3v) is 3.81. The van der Waals surface area contributed by atoms with Crippen LogP contribution in [-0.4, -0.2) is 9.55 Å². The molecular weight excluding hydrogens is 282 g/mol. The van der Waals surface area contributed by atoms with Crippen LogP contribution in [0.15, 0.2) is 42.5 Å². The van der Waals surface area contributed by atoms with Gasteiger partial charge in [-0.3, -0.25) is 4.57 Å². The molecule has 2 nitrogen and oxygen atoms in total. The Hall–Kier alpha value is -2.49. The van der Waals surface area contributed by atoms with Crippen LogP contribution >= 0.6 is 0 Å². The fourth-order valence-corrected chi connectivity index (χ4v) is 2.47. The summed E-state index contributed by atoms with van der Waals surface area (Å²) in [5.74, 6) is -0.724. The number of imidazole rings is 1. The summed E-state index contributed by atoms with van der Waals surface area (Å²) in [5, 5.41) is 0. The van der Waals surface area contributed by atoms with Gasteiger partial charge in [-0.15, -0.1) is 0 Å². The zero-order chi connectivity index (χ0) is 15.9. The molecule has 0 radical (unpaired) electrons. The Morgan fingerprint density at radius 3 is 2.23 bits per heavy atom. The normalized spacial score (nSPS) is 11.0. The molecule has 22 heavy (non-hydrogen) atoms. The molecule has 0 aliphatic carbocycles. The number of nitrogens with zero attached hydrogens (tertiary/aromatic N) is 2. The fraction of sp³-hybridized carbons (Fsp3) is 0.167. The molecule has 3 rings (SSSR count). The van der Waals surface area contributed by atoms with Crippen molar-refractivity contribution in [2.75, 3.05) is 0 Å². The van der Waals surface area contributed by atoms with Gasteiger partial charge in [0.05, 0.1) is 11.3 Å². The van der Waals surface area contributed by atoms with Crippen LogP contribution in [0.25, 0.3) is 17.1 Å². The van der Waals surface area contributed by atoms with Crippen LogP contribution in [0.5, 0.6) is 0 Å². The summed E-state index contributed by atoms with van der Waals surface area (Å²) < 4.78 is 29.2. The lowest BCUT2D eigenvalue weighted by Gasteiger charge is -2.11. The third kappa shape index (κ3) is 2.41. The van der Waals surface area contributed by atoms with Crippen molar-refractivity contribution in [3.63, 3.8) is 0 Å². The molecule has 0 N–H and O–H groups in total. The summed E-state index contributed by atoms with van der Waals surface area (Å²) in [6.45, 7) is 5.83. The molecule has 3 aromatic rings. The van der Waals surface area contributed by atoms with E-state index in [0.29, 0.717) is 5.82 Å². The first-order valence-corrected chi connectivity index (χ1v) is 7.06. The predicted molar refractivity (Wildman–Crippen MR) is 83.1 cm³/mol. The summed E-state index contributed by atoms with van der Waals surface area (Å²) in [6.07, 6.45) is 0. The fourth-order valence-electron chi connectivity index (χ4n) is 2.47. The largest absolute Gasteiger partial charge is 0.297 e. The first-order valence-electron chi connectivity index (χ1n) is 7.06. The van der Waals surface area contributed by atoms with Gasteiger partial charge in [-0.1, -0.05) is 17.7 Å². The van der Waals surface area contributed by atoms with Gasteiger partial charge in [-0.2, -0.15) is 0 Å². The number of hydrogen-bond acceptors (Lipinski definition) is 1. The van der Waals surface area contributed by atoms with Crippen molar-refractivity contribution >= 4 is 0 Å². The molecule has 0 aliphatic rings. The molecular formula is C18H16F2N2. The SMILES string of the molecule is Cc1ccc(-n2c(-c3ccc(F)cc3F)nc(C)c2C)cc1. The van der Waals surface area contributed by atoms with E-state index in [4.69, 9.17) is 0 Å². The van der Waals surface area contributed by atoms with E-state index >= 15 is 0 Å². The summed E-state index contributed by atoms with van der Waals surface area (Å²) in [6, 6.07) is 11.5. The van der Waals surface area contributed by atoms with Gasteiger partial charge in [-0.05, 0) is 45.0 Å². The number of hydrogen-bond donors (Lipinski definition) is 0. The van der Waals surface area contributed by atoms with Crippen LogP contribution < -0.4 is 0 Å². The molecule has 112 valence electrons. The van der Waals surface area contributed by atoms with E-state index in [0.717, 1.165) is 28.7 Å². The molecule has 0 spiro atoms. The number of aryl methyl sites for hydroxylation is 2. The molecule has 0 unspecified atom stereocenters. The topological polar surface area (TPSA) is 17.8 Å². The quantitative estimate of drug-likeness (QED) is 0.668. The lowest BCUT2D eigenvalue weighted by molar-refractivity contribution is 0.584. The predicted octanol–water partition coefficient (Wildman–Crippen LogP) is 4.74. The summed E-state index contributed by atoms with van der Waals surface area (Å²) in [7, 11) is 0. The van der Waals surface area contributed by atoms with E-state index in [2.05, 4.69) is 4.98 Å². The van der Waals surface area contributed by atoms with Gasteiger partial charge in [0.2, 0.25) is 0 Å². The van der Waals surface area contributed by atoms with Crippen LogP contribution in [0.4, 0.5) is 8.78 Å². The Morgan fingerprint density at radius 1 is 0.909 bits per heavy atom. The molecule has 0 bridgehead atoms. The minimum Gasteiger partial charge on any atom is -0.297 e. The van der Waals surface area contributed by atoms with Crippen LogP contribution in [-0.2, 0) is 0 Å². The molecule has 4 heteroatoms. The van der Waals surface area contributed by atoms with Crippen molar-refractivity contribution in [1.29, 1.82) is 0 Å². The second-order valence-corrected chi connectivity index (χ2v) is 5.40. The molecule has 0 amide bonds. The zero-order valence-corrected chi connectivity index (χ0v) is 12.7. The van der Waals surface area contributed by atoms with Gasteiger partial charge in [0, 0.05) is 17.4 Å². The average molecular weight is 298 g/mol. The summed E-state index contributed by atoms with van der Waals surface area (Å²) in [4.78, 5) is 4.47. The number of halogens is 2. The lowest BCUT2D eigenvalue weighted by Crippen LogP contribution is -2.01. The number of aromatic nitrogens is 2. The van der Waals surface area contributed by atoms with Crippen LogP contribution in [0.1, 0.15) is 17.0 Å². The molecule has 0 saturated carbocycles. The van der Waals surface area contributed by atoms with Gasteiger partial charge in [0.15, 0.2) is 0 Å². The second kappa shape index (κ2) is 5.37. The van der Waals surface area contributed by atoms with E-state index in [9.17, 15) is 8.78 Å². The van der Waals surface area contributed by atoms with Crippen LogP contribution in [0.3, 0.4) is 0 Å². The van der Waals surface area contributed by atoms with Crippen molar-refractivity contribution in [2.45, 2.75) is 20.8 Å². The average Bonchev–Trinajstić information content (AvgIpc) is 2.76. The number of benzene rings is 2. The maximum Gasteiger partial charge on any atom is 0.147 e. The third-order valence-electron chi connectivity index (χ3n) is 3.81. The van der Waals surface area contributed by atoms with E-state index in [1.165, 1.54) is 12.1 Å². The molecule has 0 saturated heterocycles. The highest BCUT2D eigenvalue weighted by Crippen LogP contribution is 2.28. The Kier molecular flexibility index (Phi) is 3.53. The highest BCUT2D eigenvalue weighted by molar-refractivity contribution is 5.61. The summed E-state index contributed by atoms with van der Waals surface area (Å²) in [5.41, 5.74) is 4.09. The molecule has 1 aromatic heterocycles. The van der Waals surface area contributed by atoms with Crippen molar-refractivity contribution in [3.8, 4) is 17.1 Å². The highest BCUT2D eigenvalue weighted by Gasteiger charge is 2.17. The minimum atomic E-state index is -0.613. The zero-order valence-electron chi connectivity index (χ0n) is 12.7. The molecule has 1 heterocycles. The maximum absolute atomic E-state index is 14.1. The first-order chi connectivity index (χ1) is 10.5. The van der Waals surface area contributed by atoms with E-state index in [1.54, 1.807) is 0 Å². The van der Waals surface area contributed by atoms with Gasteiger partial charge < -0.3 is 0 Å². The van der Waals surface area contributed by atoms with Crippen molar-refractivity contribution in [2.24, 2.45) is 0 Å². The summed E-state index contributed by atoms with van der Waals surface area (Å²) >= 11 is 0. The van der Waals surface area contributed by atoms with Crippen molar-refractivity contribution in [1.82, 2.24) is 9.55 Å². The van der Waals surface area contributed by atoms with E-state index < -0.39 is 11.6 Å². The van der Waals surface area contributed by atoms with Crippen molar-refractivity contribution in [3.05, 3.63) is 71.1 Å². The number of rotatable bonds is 2. The van der Waals surface area contributed by atoms with Crippen LogP contribution in [0, 0.1) is 32.4 Å². The molecule has 0 fully saturated rings. The Labute approximate surface area is 128 Å². The van der Waals surface area contributed by atoms with E-state index in [1.807, 2.05) is 49.6 Å². The highest BCUT2D eigenvalue weighted by atomic mass is 19.1. The Morgan fingerprint density at radius 2 is 1.59 bits per heavy atom. The van der Waals surface area contributed by atoms with Gasteiger partial charge >= 0.3 is 0 Å². The molecule has 2 aromatic carbocycles. The lowest BCUT2D eigenvalue weighted by atomic mass is 10.1. The first kappa shape index (κ1) is 14.4. The van der Waals surface area contributed by atoms with Crippen LogP contribution in [0.2, 0.25) is 0 Å². The second-order valence-electron chi connectivity index (χ2n) is 5.40. The molecule has 0 aliphatic heterocycles. The maximum atomic E-state index is 14.1.